The van der Waals surface area contributed by atoms with Crippen molar-refractivity contribution in [3.8, 4) is 0 Å². The molecule has 0 aliphatic carbocycles. The molecule has 5 heteroatoms. The zero-order valence-corrected chi connectivity index (χ0v) is 13.7. The van der Waals surface area contributed by atoms with Crippen LogP contribution in [0.3, 0.4) is 0 Å². The van der Waals surface area contributed by atoms with Crippen LogP contribution in [0.2, 0.25) is 0 Å². The van der Waals surface area contributed by atoms with Crippen molar-refractivity contribution in [2.24, 2.45) is 0 Å². The van der Waals surface area contributed by atoms with Crippen LogP contribution in [0.1, 0.15) is 10.5 Å². The lowest BCUT2D eigenvalue weighted by atomic mass is 10.2. The quantitative estimate of drug-likeness (QED) is 0.693. The third-order valence-electron chi connectivity index (χ3n) is 3.14. The van der Waals surface area contributed by atoms with E-state index in [-0.39, 0.29) is 5.91 Å². The lowest BCUT2D eigenvalue weighted by molar-refractivity contribution is 0.102. The highest BCUT2D eigenvalue weighted by Gasteiger charge is 2.07. The number of hydrogen-bond acceptors (Lipinski definition) is 3. The van der Waals surface area contributed by atoms with Crippen molar-refractivity contribution in [3.63, 3.8) is 0 Å². The number of carbonyl (C=O) groups excluding carboxylic acids is 1. The maximum absolute atomic E-state index is 12.1. The van der Waals surface area contributed by atoms with E-state index in [2.05, 4.69) is 31.5 Å². The molecular formula is C18H14BrN3O. The number of amides is 1. The summed E-state index contributed by atoms with van der Waals surface area (Å²) in [7, 11) is 0. The highest BCUT2D eigenvalue weighted by molar-refractivity contribution is 9.10. The first-order chi connectivity index (χ1) is 11.2. The van der Waals surface area contributed by atoms with E-state index in [0.29, 0.717) is 5.69 Å². The van der Waals surface area contributed by atoms with Crippen molar-refractivity contribution < 1.29 is 4.79 Å². The minimum Gasteiger partial charge on any atom is -0.354 e. The Balaban J connectivity index is 1.68. The van der Waals surface area contributed by atoms with E-state index < -0.39 is 0 Å². The van der Waals surface area contributed by atoms with Crippen LogP contribution in [0.15, 0.2) is 77.4 Å². The number of para-hydroxylation sites is 1. The molecule has 0 saturated heterocycles. The van der Waals surface area contributed by atoms with E-state index >= 15 is 0 Å². The molecule has 1 amide bonds. The first kappa shape index (κ1) is 15.2. The highest BCUT2D eigenvalue weighted by Crippen LogP contribution is 2.20. The minimum absolute atomic E-state index is 0.231. The van der Waals surface area contributed by atoms with Crippen LogP contribution in [-0.4, -0.2) is 10.9 Å². The standard InChI is InChI=1S/C18H14BrN3O/c19-13-5-4-8-15(11-13)21-16-9-10-17(20-12-16)18(23)22-14-6-2-1-3-7-14/h1-12,21H,(H,22,23). The van der Waals surface area contributed by atoms with Crippen molar-refractivity contribution in [1.29, 1.82) is 0 Å². The van der Waals surface area contributed by atoms with E-state index in [1.54, 1.807) is 12.3 Å². The van der Waals surface area contributed by atoms with Crippen LogP contribution in [0.5, 0.6) is 0 Å². The average Bonchev–Trinajstić information content (AvgIpc) is 2.56. The summed E-state index contributed by atoms with van der Waals surface area (Å²) in [4.78, 5) is 16.3. The minimum atomic E-state index is -0.231. The van der Waals surface area contributed by atoms with Gasteiger partial charge in [0, 0.05) is 15.8 Å². The number of rotatable bonds is 4. The maximum atomic E-state index is 12.1. The fourth-order valence-corrected chi connectivity index (χ4v) is 2.45. The molecular weight excluding hydrogens is 354 g/mol. The summed E-state index contributed by atoms with van der Waals surface area (Å²) in [6.07, 6.45) is 1.64. The first-order valence-electron chi connectivity index (χ1n) is 7.06. The van der Waals surface area contributed by atoms with Crippen LogP contribution in [0, 0.1) is 0 Å². The number of halogens is 1. The number of hydrogen-bond donors (Lipinski definition) is 2. The average molecular weight is 368 g/mol. The number of benzene rings is 2. The monoisotopic (exact) mass is 367 g/mol. The zero-order chi connectivity index (χ0) is 16.1. The van der Waals surface area contributed by atoms with Gasteiger partial charge in [-0.3, -0.25) is 4.79 Å². The number of nitrogens with one attached hydrogen (secondary N) is 2. The smallest absolute Gasteiger partial charge is 0.274 e. The lowest BCUT2D eigenvalue weighted by Gasteiger charge is -2.08. The molecule has 3 rings (SSSR count). The summed E-state index contributed by atoms with van der Waals surface area (Å²) in [5, 5.41) is 6.04. The molecule has 0 unspecified atom stereocenters. The Labute approximate surface area is 142 Å². The van der Waals surface area contributed by atoms with E-state index in [0.717, 1.165) is 21.5 Å². The van der Waals surface area contributed by atoms with Gasteiger partial charge in [-0.2, -0.15) is 0 Å². The summed E-state index contributed by atoms with van der Waals surface area (Å²) in [6, 6.07) is 20.7. The Bertz CT molecular complexity index is 804. The molecule has 1 aromatic heterocycles. The number of pyridine rings is 1. The number of anilines is 3. The normalized spacial score (nSPS) is 10.1. The molecule has 0 fully saturated rings. The number of aromatic nitrogens is 1. The third kappa shape index (κ3) is 4.17. The maximum Gasteiger partial charge on any atom is 0.274 e. The number of carbonyl (C=O) groups is 1. The molecule has 1 heterocycles. The van der Waals surface area contributed by atoms with Crippen molar-refractivity contribution in [3.05, 3.63) is 83.1 Å². The molecule has 2 N–H and O–H groups in total. The Kier molecular flexibility index (Phi) is 4.68. The molecule has 0 aliphatic rings. The SMILES string of the molecule is O=C(Nc1ccccc1)c1ccc(Nc2cccc(Br)c2)cn1. The van der Waals surface area contributed by atoms with Gasteiger partial charge in [0.2, 0.25) is 0 Å². The van der Waals surface area contributed by atoms with Gasteiger partial charge in [0.15, 0.2) is 0 Å². The van der Waals surface area contributed by atoms with E-state index in [1.165, 1.54) is 0 Å². The molecule has 4 nitrogen and oxygen atoms in total. The topological polar surface area (TPSA) is 54.0 Å². The van der Waals surface area contributed by atoms with Gasteiger partial charge in [0.05, 0.1) is 11.9 Å². The van der Waals surface area contributed by atoms with Gasteiger partial charge in [0.1, 0.15) is 5.69 Å². The Morgan fingerprint density at radius 2 is 1.65 bits per heavy atom. The fourth-order valence-electron chi connectivity index (χ4n) is 2.05. The van der Waals surface area contributed by atoms with E-state index in [1.807, 2.05) is 60.7 Å². The summed E-state index contributed by atoms with van der Waals surface area (Å²) >= 11 is 3.43. The molecule has 0 atom stereocenters. The van der Waals surface area contributed by atoms with Crippen molar-refractivity contribution in [1.82, 2.24) is 4.98 Å². The van der Waals surface area contributed by atoms with Crippen LogP contribution in [0.25, 0.3) is 0 Å². The Hall–Kier alpha value is -2.66. The lowest BCUT2D eigenvalue weighted by Crippen LogP contribution is -2.13. The second-order valence-corrected chi connectivity index (χ2v) is 5.80. The second-order valence-electron chi connectivity index (χ2n) is 4.89. The van der Waals surface area contributed by atoms with E-state index in [4.69, 9.17) is 0 Å². The predicted molar refractivity (Wildman–Crippen MR) is 96.1 cm³/mol. The first-order valence-corrected chi connectivity index (χ1v) is 7.85. The number of nitrogens with zero attached hydrogens (tertiary/aromatic N) is 1. The van der Waals surface area contributed by atoms with Crippen LogP contribution in [-0.2, 0) is 0 Å². The van der Waals surface area contributed by atoms with Gasteiger partial charge >= 0.3 is 0 Å². The van der Waals surface area contributed by atoms with Crippen LogP contribution < -0.4 is 10.6 Å². The summed E-state index contributed by atoms with van der Waals surface area (Å²) in [6.45, 7) is 0. The van der Waals surface area contributed by atoms with Crippen molar-refractivity contribution in [2.45, 2.75) is 0 Å². The van der Waals surface area contributed by atoms with Crippen LogP contribution in [0.4, 0.5) is 17.1 Å². The molecule has 0 saturated carbocycles. The molecule has 2 aromatic carbocycles. The van der Waals surface area contributed by atoms with E-state index in [9.17, 15) is 4.79 Å². The van der Waals surface area contributed by atoms with Crippen molar-refractivity contribution >= 4 is 38.9 Å². The summed E-state index contributed by atoms with van der Waals surface area (Å²) in [5.74, 6) is -0.231. The Morgan fingerprint density at radius 3 is 2.35 bits per heavy atom. The fraction of sp³-hybridized carbons (Fsp3) is 0. The molecule has 0 aliphatic heterocycles. The van der Waals surface area contributed by atoms with Crippen molar-refractivity contribution in [2.75, 3.05) is 10.6 Å². The molecule has 0 spiro atoms. The third-order valence-corrected chi connectivity index (χ3v) is 3.63. The van der Waals surface area contributed by atoms with Gasteiger partial charge in [0.25, 0.3) is 5.91 Å². The molecule has 3 aromatic rings. The molecule has 0 bridgehead atoms. The molecule has 114 valence electrons. The van der Waals surface area contributed by atoms with Gasteiger partial charge in [-0.05, 0) is 42.5 Å². The van der Waals surface area contributed by atoms with Gasteiger partial charge in [-0.15, -0.1) is 0 Å². The molecule has 23 heavy (non-hydrogen) atoms. The zero-order valence-electron chi connectivity index (χ0n) is 12.2. The predicted octanol–water partition coefficient (Wildman–Crippen LogP) is 4.84. The summed E-state index contributed by atoms with van der Waals surface area (Å²) in [5.41, 5.74) is 2.88. The highest BCUT2D eigenvalue weighted by atomic mass is 79.9. The van der Waals surface area contributed by atoms with Gasteiger partial charge in [-0.25, -0.2) is 4.98 Å². The Morgan fingerprint density at radius 1 is 0.870 bits per heavy atom. The van der Waals surface area contributed by atoms with Crippen LogP contribution >= 0.6 is 15.9 Å². The largest absolute Gasteiger partial charge is 0.354 e. The summed E-state index contributed by atoms with van der Waals surface area (Å²) < 4.78 is 0.995. The molecule has 0 radical (unpaired) electrons. The second kappa shape index (κ2) is 7.07. The van der Waals surface area contributed by atoms with Gasteiger partial charge < -0.3 is 10.6 Å². The van der Waals surface area contributed by atoms with Gasteiger partial charge in [-0.1, -0.05) is 40.2 Å².